The lowest BCUT2D eigenvalue weighted by molar-refractivity contribution is -0.121. The first kappa shape index (κ1) is 18.0. The van der Waals surface area contributed by atoms with Crippen LogP contribution in [0.1, 0.15) is 18.4 Å². The van der Waals surface area contributed by atoms with E-state index in [0.717, 1.165) is 48.4 Å². The highest BCUT2D eigenvalue weighted by atomic mass is 79.9. The van der Waals surface area contributed by atoms with E-state index in [1.54, 1.807) is 7.11 Å². The van der Waals surface area contributed by atoms with Crippen LogP contribution < -0.4 is 10.1 Å². The number of carbonyl (C=O) groups is 1. The van der Waals surface area contributed by atoms with E-state index >= 15 is 0 Å². The predicted octanol–water partition coefficient (Wildman–Crippen LogP) is 4.31. The molecule has 1 fully saturated rings. The van der Waals surface area contributed by atoms with Gasteiger partial charge in [0.15, 0.2) is 0 Å². The highest BCUT2D eigenvalue weighted by Gasteiger charge is 2.25. The number of anilines is 1. The van der Waals surface area contributed by atoms with Gasteiger partial charge >= 0.3 is 0 Å². The van der Waals surface area contributed by atoms with Crippen LogP contribution in [0, 0.1) is 5.92 Å². The number of para-hydroxylation sites is 1. The van der Waals surface area contributed by atoms with Crippen LogP contribution >= 0.6 is 15.9 Å². The number of amides is 1. The maximum absolute atomic E-state index is 12.5. The van der Waals surface area contributed by atoms with Crippen molar-refractivity contribution < 1.29 is 9.53 Å². The molecule has 0 saturated carbocycles. The fourth-order valence-corrected chi connectivity index (χ4v) is 3.56. The second kappa shape index (κ2) is 8.50. The van der Waals surface area contributed by atoms with E-state index in [0.29, 0.717) is 0 Å². The predicted molar refractivity (Wildman–Crippen MR) is 104 cm³/mol. The van der Waals surface area contributed by atoms with E-state index in [4.69, 9.17) is 4.74 Å². The zero-order chi connectivity index (χ0) is 17.6. The molecule has 0 spiro atoms. The molecule has 1 N–H and O–H groups in total. The van der Waals surface area contributed by atoms with Crippen molar-refractivity contribution in [1.29, 1.82) is 0 Å². The van der Waals surface area contributed by atoms with Crippen molar-refractivity contribution in [3.63, 3.8) is 0 Å². The molecule has 5 heteroatoms. The number of nitrogens with one attached hydrogen (secondary N) is 1. The van der Waals surface area contributed by atoms with Crippen molar-refractivity contribution >= 4 is 27.5 Å². The summed E-state index contributed by atoms with van der Waals surface area (Å²) in [6.07, 6.45) is 1.78. The molecule has 0 aliphatic carbocycles. The number of halogens is 1. The molecule has 25 heavy (non-hydrogen) atoms. The van der Waals surface area contributed by atoms with Gasteiger partial charge in [-0.15, -0.1) is 0 Å². The summed E-state index contributed by atoms with van der Waals surface area (Å²) in [6, 6.07) is 15.9. The molecule has 1 amide bonds. The highest BCUT2D eigenvalue weighted by Crippen LogP contribution is 2.25. The normalized spacial score (nSPS) is 15.8. The third-order valence-corrected chi connectivity index (χ3v) is 5.32. The molecule has 0 bridgehead atoms. The summed E-state index contributed by atoms with van der Waals surface area (Å²) in [5, 5.41) is 3.04. The third kappa shape index (κ3) is 4.83. The minimum atomic E-state index is 0.0775. The van der Waals surface area contributed by atoms with Crippen molar-refractivity contribution in [2.75, 3.05) is 25.5 Å². The molecular weight excluding hydrogens is 380 g/mol. The van der Waals surface area contributed by atoms with Gasteiger partial charge in [0, 0.05) is 16.9 Å². The maximum atomic E-state index is 12.5. The molecule has 3 rings (SSSR count). The first-order chi connectivity index (χ1) is 12.2. The van der Waals surface area contributed by atoms with Gasteiger partial charge in [-0.1, -0.05) is 24.3 Å². The minimum absolute atomic E-state index is 0.0775. The number of methoxy groups -OCH3 is 1. The van der Waals surface area contributed by atoms with Crippen LogP contribution in [0.5, 0.6) is 5.75 Å². The second-order valence-corrected chi connectivity index (χ2v) is 7.23. The Labute approximate surface area is 157 Å². The average Bonchev–Trinajstić information content (AvgIpc) is 2.64. The largest absolute Gasteiger partial charge is 0.497 e. The Bertz CT molecular complexity index is 727. The number of nitrogens with zero attached hydrogens (tertiary/aromatic N) is 1. The van der Waals surface area contributed by atoms with Crippen LogP contribution in [0.4, 0.5) is 5.69 Å². The molecule has 1 aliphatic heterocycles. The standard InChI is InChI=1S/C20H23BrN2O2/c1-25-17-6-4-5-15(13-17)14-23-11-9-16(10-12-23)20(24)22-19-8-3-2-7-18(19)21/h2-8,13,16H,9-12,14H2,1H3,(H,22,24). The molecule has 132 valence electrons. The SMILES string of the molecule is COc1cccc(CN2CCC(C(=O)Nc3ccccc3Br)CC2)c1. The Morgan fingerprint density at radius 1 is 1.20 bits per heavy atom. The number of carbonyl (C=O) groups excluding carboxylic acids is 1. The lowest BCUT2D eigenvalue weighted by atomic mass is 9.95. The van der Waals surface area contributed by atoms with Crippen LogP contribution in [0.15, 0.2) is 53.0 Å². The lowest BCUT2D eigenvalue weighted by Gasteiger charge is -2.31. The lowest BCUT2D eigenvalue weighted by Crippen LogP contribution is -2.37. The number of likely N-dealkylation sites (tertiary alicyclic amines) is 1. The minimum Gasteiger partial charge on any atom is -0.497 e. The van der Waals surface area contributed by atoms with Gasteiger partial charge in [0.2, 0.25) is 5.91 Å². The Hall–Kier alpha value is -1.85. The van der Waals surface area contributed by atoms with Crippen LogP contribution in [-0.4, -0.2) is 31.0 Å². The Balaban J connectivity index is 1.51. The summed E-state index contributed by atoms with van der Waals surface area (Å²) in [5.74, 6) is 1.08. The Morgan fingerprint density at radius 2 is 1.96 bits per heavy atom. The van der Waals surface area contributed by atoms with Crippen LogP contribution in [0.25, 0.3) is 0 Å². The Kier molecular flexibility index (Phi) is 6.10. The van der Waals surface area contributed by atoms with Gasteiger partial charge in [0.25, 0.3) is 0 Å². The molecular formula is C20H23BrN2O2. The summed E-state index contributed by atoms with van der Waals surface area (Å²) in [6.45, 7) is 2.77. The van der Waals surface area contributed by atoms with Crippen molar-refractivity contribution in [2.45, 2.75) is 19.4 Å². The summed E-state index contributed by atoms with van der Waals surface area (Å²) in [4.78, 5) is 14.9. The quantitative estimate of drug-likeness (QED) is 0.809. The van der Waals surface area contributed by atoms with E-state index in [1.165, 1.54) is 5.56 Å². The number of ether oxygens (including phenoxy) is 1. The van der Waals surface area contributed by atoms with Crippen molar-refractivity contribution in [1.82, 2.24) is 4.90 Å². The number of hydrogen-bond donors (Lipinski definition) is 1. The number of benzene rings is 2. The van der Waals surface area contributed by atoms with Crippen LogP contribution in [0.2, 0.25) is 0 Å². The molecule has 0 atom stereocenters. The number of rotatable bonds is 5. The summed E-state index contributed by atoms with van der Waals surface area (Å²) < 4.78 is 6.20. The molecule has 2 aromatic rings. The zero-order valence-electron chi connectivity index (χ0n) is 14.4. The smallest absolute Gasteiger partial charge is 0.227 e. The first-order valence-corrected chi connectivity index (χ1v) is 9.35. The first-order valence-electron chi connectivity index (χ1n) is 8.56. The van der Waals surface area contributed by atoms with Crippen molar-refractivity contribution in [3.8, 4) is 5.75 Å². The van der Waals surface area contributed by atoms with Gasteiger partial charge in [-0.05, 0) is 71.7 Å². The van der Waals surface area contributed by atoms with E-state index in [2.05, 4.69) is 38.3 Å². The van der Waals surface area contributed by atoms with Gasteiger partial charge in [-0.2, -0.15) is 0 Å². The fraction of sp³-hybridized carbons (Fsp3) is 0.350. The van der Waals surface area contributed by atoms with E-state index < -0.39 is 0 Å². The van der Waals surface area contributed by atoms with Gasteiger partial charge < -0.3 is 10.1 Å². The van der Waals surface area contributed by atoms with Gasteiger partial charge in [0.05, 0.1) is 12.8 Å². The van der Waals surface area contributed by atoms with Gasteiger partial charge in [-0.25, -0.2) is 0 Å². The average molecular weight is 403 g/mol. The van der Waals surface area contributed by atoms with Crippen molar-refractivity contribution in [2.24, 2.45) is 5.92 Å². The maximum Gasteiger partial charge on any atom is 0.227 e. The topological polar surface area (TPSA) is 41.6 Å². The molecule has 2 aromatic carbocycles. The molecule has 1 heterocycles. The molecule has 1 aliphatic rings. The monoisotopic (exact) mass is 402 g/mol. The van der Waals surface area contributed by atoms with E-state index in [-0.39, 0.29) is 11.8 Å². The zero-order valence-corrected chi connectivity index (χ0v) is 16.0. The summed E-state index contributed by atoms with van der Waals surface area (Å²) in [7, 11) is 1.69. The van der Waals surface area contributed by atoms with E-state index in [9.17, 15) is 4.79 Å². The van der Waals surface area contributed by atoms with Crippen molar-refractivity contribution in [3.05, 3.63) is 58.6 Å². The van der Waals surface area contributed by atoms with Gasteiger partial charge in [-0.3, -0.25) is 9.69 Å². The molecule has 4 nitrogen and oxygen atoms in total. The third-order valence-electron chi connectivity index (χ3n) is 4.63. The summed E-state index contributed by atoms with van der Waals surface area (Å²) >= 11 is 3.47. The highest BCUT2D eigenvalue weighted by molar-refractivity contribution is 9.10. The van der Waals surface area contributed by atoms with Crippen LogP contribution in [-0.2, 0) is 11.3 Å². The number of piperidine rings is 1. The number of hydrogen-bond acceptors (Lipinski definition) is 3. The molecule has 0 unspecified atom stereocenters. The Morgan fingerprint density at radius 3 is 2.68 bits per heavy atom. The van der Waals surface area contributed by atoms with Gasteiger partial charge in [0.1, 0.15) is 5.75 Å². The summed E-state index contributed by atoms with van der Waals surface area (Å²) in [5.41, 5.74) is 2.08. The fourth-order valence-electron chi connectivity index (χ4n) is 3.18. The van der Waals surface area contributed by atoms with Crippen LogP contribution in [0.3, 0.4) is 0 Å². The van der Waals surface area contributed by atoms with E-state index in [1.807, 2.05) is 36.4 Å². The molecule has 0 radical (unpaired) electrons. The second-order valence-electron chi connectivity index (χ2n) is 6.37. The molecule has 1 saturated heterocycles. The molecule has 0 aromatic heterocycles.